The van der Waals surface area contributed by atoms with Crippen LogP contribution in [0.2, 0.25) is 0 Å². The second-order valence-electron chi connectivity index (χ2n) is 3.79. The Morgan fingerprint density at radius 3 is 2.69 bits per heavy atom. The first-order valence-corrected chi connectivity index (χ1v) is 5.00. The van der Waals surface area contributed by atoms with E-state index in [4.69, 9.17) is 4.42 Å². The van der Waals surface area contributed by atoms with Crippen molar-refractivity contribution in [2.24, 2.45) is 0 Å². The lowest BCUT2D eigenvalue weighted by Crippen LogP contribution is -2.06. The third kappa shape index (κ3) is 1.92. The first-order valence-electron chi connectivity index (χ1n) is 5.00. The predicted octanol–water partition coefficient (Wildman–Crippen LogP) is 1.42. The summed E-state index contributed by atoms with van der Waals surface area (Å²) in [7, 11) is 0. The summed E-state index contributed by atoms with van der Waals surface area (Å²) in [5.74, 6) is 0.0303. The Hall–Kier alpha value is -1.81. The van der Waals surface area contributed by atoms with Crippen molar-refractivity contribution in [3.05, 3.63) is 40.2 Å². The fraction of sp³-hybridized carbons (Fsp3) is 0.250. The molecule has 2 N–H and O–H groups in total. The molecule has 2 aromatic rings. The van der Waals surface area contributed by atoms with Crippen LogP contribution in [0.25, 0.3) is 11.0 Å². The minimum atomic E-state index is -0.609. The molecule has 2 rings (SSSR count). The van der Waals surface area contributed by atoms with Gasteiger partial charge in [-0.1, -0.05) is 0 Å². The van der Waals surface area contributed by atoms with Crippen LogP contribution >= 0.6 is 0 Å². The number of hydrogen-bond acceptors (Lipinski definition) is 4. The van der Waals surface area contributed by atoms with Crippen LogP contribution in [0, 0.1) is 0 Å². The van der Waals surface area contributed by atoms with Gasteiger partial charge in [-0.3, -0.25) is 0 Å². The lowest BCUT2D eigenvalue weighted by atomic mass is 10.0. The molecule has 4 heteroatoms. The van der Waals surface area contributed by atoms with Crippen LogP contribution in [0.1, 0.15) is 12.5 Å². The van der Waals surface area contributed by atoms with Crippen LogP contribution in [-0.4, -0.2) is 16.3 Å². The molecule has 0 amide bonds. The molecule has 0 spiro atoms. The average Bonchev–Trinajstić information content (AvgIpc) is 2.22. The molecule has 1 aromatic heterocycles. The number of aromatic hydroxyl groups is 1. The van der Waals surface area contributed by atoms with Crippen LogP contribution in [0.5, 0.6) is 5.75 Å². The number of phenols is 1. The molecule has 0 saturated heterocycles. The third-order valence-electron chi connectivity index (χ3n) is 2.37. The lowest BCUT2D eigenvalue weighted by Gasteiger charge is -2.08. The van der Waals surface area contributed by atoms with Crippen molar-refractivity contribution in [1.82, 2.24) is 0 Å². The van der Waals surface area contributed by atoms with Gasteiger partial charge in [-0.15, -0.1) is 0 Å². The van der Waals surface area contributed by atoms with Crippen LogP contribution in [0.3, 0.4) is 0 Å². The summed E-state index contributed by atoms with van der Waals surface area (Å²) >= 11 is 0. The second-order valence-corrected chi connectivity index (χ2v) is 3.79. The second kappa shape index (κ2) is 3.98. The molecular formula is C12H12O4. The van der Waals surface area contributed by atoms with E-state index in [0.29, 0.717) is 11.1 Å². The topological polar surface area (TPSA) is 70.7 Å². The van der Waals surface area contributed by atoms with E-state index in [1.54, 1.807) is 19.1 Å². The standard InChI is InChI=1S/C12H12O4/c1-7(13)6-9-10(14)4-2-8-3-5-11(15)16-12(8)9/h2-5,7,13-14H,6H2,1H3. The highest BCUT2D eigenvalue weighted by atomic mass is 16.4. The van der Waals surface area contributed by atoms with Gasteiger partial charge in [0.2, 0.25) is 0 Å². The van der Waals surface area contributed by atoms with Crippen molar-refractivity contribution in [3.8, 4) is 5.75 Å². The van der Waals surface area contributed by atoms with E-state index < -0.39 is 11.7 Å². The van der Waals surface area contributed by atoms with E-state index >= 15 is 0 Å². The van der Waals surface area contributed by atoms with E-state index in [1.807, 2.05) is 0 Å². The molecule has 0 radical (unpaired) electrons. The molecule has 0 fully saturated rings. The van der Waals surface area contributed by atoms with E-state index in [9.17, 15) is 15.0 Å². The Morgan fingerprint density at radius 2 is 2.00 bits per heavy atom. The van der Waals surface area contributed by atoms with E-state index in [-0.39, 0.29) is 12.2 Å². The van der Waals surface area contributed by atoms with Crippen LogP contribution in [0.15, 0.2) is 33.5 Å². The van der Waals surface area contributed by atoms with E-state index in [1.165, 1.54) is 12.1 Å². The third-order valence-corrected chi connectivity index (χ3v) is 2.37. The van der Waals surface area contributed by atoms with Gasteiger partial charge in [0, 0.05) is 23.4 Å². The first-order chi connectivity index (χ1) is 7.58. The summed E-state index contributed by atoms with van der Waals surface area (Å²) in [6.45, 7) is 1.61. The smallest absolute Gasteiger partial charge is 0.336 e. The summed E-state index contributed by atoms with van der Waals surface area (Å²) in [5, 5.41) is 19.7. The zero-order valence-electron chi connectivity index (χ0n) is 8.80. The van der Waals surface area contributed by atoms with Gasteiger partial charge in [-0.05, 0) is 25.1 Å². The fourth-order valence-electron chi connectivity index (χ4n) is 1.67. The quantitative estimate of drug-likeness (QED) is 0.751. The SMILES string of the molecule is CC(O)Cc1c(O)ccc2ccc(=O)oc12. The lowest BCUT2D eigenvalue weighted by molar-refractivity contribution is 0.194. The van der Waals surface area contributed by atoms with Crippen molar-refractivity contribution in [3.63, 3.8) is 0 Å². The highest BCUT2D eigenvalue weighted by Crippen LogP contribution is 2.27. The molecule has 1 atom stereocenters. The van der Waals surface area contributed by atoms with Crippen molar-refractivity contribution < 1.29 is 14.6 Å². The molecule has 0 bridgehead atoms. The summed E-state index contributed by atoms with van der Waals surface area (Å²) in [6.07, 6.45) is -0.363. The number of aliphatic hydroxyl groups is 1. The molecule has 84 valence electrons. The van der Waals surface area contributed by atoms with Crippen molar-refractivity contribution in [2.75, 3.05) is 0 Å². The van der Waals surface area contributed by atoms with Gasteiger partial charge in [0.25, 0.3) is 0 Å². The molecule has 16 heavy (non-hydrogen) atoms. The number of hydrogen-bond donors (Lipinski definition) is 2. The Balaban J connectivity index is 2.72. The number of aliphatic hydroxyl groups excluding tert-OH is 1. The summed E-state index contributed by atoms with van der Waals surface area (Å²) in [6, 6.07) is 6.15. The molecule has 0 aliphatic carbocycles. The zero-order valence-corrected chi connectivity index (χ0v) is 8.80. The zero-order chi connectivity index (χ0) is 11.7. The largest absolute Gasteiger partial charge is 0.508 e. The average molecular weight is 220 g/mol. The van der Waals surface area contributed by atoms with Crippen molar-refractivity contribution in [2.45, 2.75) is 19.4 Å². The maximum Gasteiger partial charge on any atom is 0.336 e. The summed E-state index contributed by atoms with van der Waals surface area (Å²) in [5.41, 5.74) is 0.337. The molecule has 1 aromatic carbocycles. The highest BCUT2D eigenvalue weighted by Gasteiger charge is 2.11. The minimum Gasteiger partial charge on any atom is -0.508 e. The van der Waals surface area contributed by atoms with Crippen molar-refractivity contribution >= 4 is 11.0 Å². The normalized spacial score (nSPS) is 12.9. The van der Waals surface area contributed by atoms with Gasteiger partial charge >= 0.3 is 5.63 Å². The maximum atomic E-state index is 11.1. The number of benzene rings is 1. The van der Waals surface area contributed by atoms with Gasteiger partial charge in [0.05, 0.1) is 6.10 Å². The molecule has 0 aliphatic rings. The summed E-state index contributed by atoms with van der Waals surface area (Å²) in [4.78, 5) is 11.1. The van der Waals surface area contributed by atoms with Crippen LogP contribution < -0.4 is 5.63 Å². The molecule has 0 aliphatic heterocycles. The van der Waals surface area contributed by atoms with E-state index in [2.05, 4.69) is 0 Å². The Labute approximate surface area is 91.8 Å². The molecule has 1 unspecified atom stereocenters. The summed E-state index contributed by atoms with van der Waals surface area (Å²) < 4.78 is 5.05. The van der Waals surface area contributed by atoms with Gasteiger partial charge in [0.1, 0.15) is 11.3 Å². The Bertz CT molecular complexity index is 569. The molecule has 1 heterocycles. The molecule has 0 saturated carbocycles. The van der Waals surface area contributed by atoms with E-state index in [0.717, 1.165) is 5.39 Å². The maximum absolute atomic E-state index is 11.1. The predicted molar refractivity (Wildman–Crippen MR) is 59.5 cm³/mol. The number of rotatable bonds is 2. The molecule has 4 nitrogen and oxygen atoms in total. The first kappa shape index (κ1) is 10.7. The van der Waals surface area contributed by atoms with Crippen molar-refractivity contribution in [1.29, 1.82) is 0 Å². The molecular weight excluding hydrogens is 208 g/mol. The van der Waals surface area contributed by atoms with Crippen LogP contribution in [-0.2, 0) is 6.42 Å². The highest BCUT2D eigenvalue weighted by molar-refractivity contribution is 5.81. The monoisotopic (exact) mass is 220 g/mol. The fourth-order valence-corrected chi connectivity index (χ4v) is 1.67. The van der Waals surface area contributed by atoms with Gasteiger partial charge in [-0.2, -0.15) is 0 Å². The van der Waals surface area contributed by atoms with Gasteiger partial charge < -0.3 is 14.6 Å². The van der Waals surface area contributed by atoms with Gasteiger partial charge in [0.15, 0.2) is 0 Å². The van der Waals surface area contributed by atoms with Crippen LogP contribution in [0.4, 0.5) is 0 Å². The Kier molecular flexibility index (Phi) is 2.66. The van der Waals surface area contributed by atoms with Gasteiger partial charge in [-0.25, -0.2) is 4.79 Å². The Morgan fingerprint density at radius 1 is 1.31 bits per heavy atom. The minimum absolute atomic E-state index is 0.0303. The number of phenolic OH excluding ortho intramolecular Hbond substituents is 1. The number of fused-ring (bicyclic) bond motifs is 1.